The van der Waals surface area contributed by atoms with Crippen molar-refractivity contribution in [2.24, 2.45) is 0 Å². The molecule has 0 spiro atoms. The Kier molecular flexibility index (Phi) is 7.20. The summed E-state index contributed by atoms with van der Waals surface area (Å²) in [5, 5.41) is 26.8. The number of benzene rings is 3. The highest BCUT2D eigenvalue weighted by Gasteiger charge is 2.26. The lowest BCUT2D eigenvalue weighted by molar-refractivity contribution is -0.614. The maximum Gasteiger partial charge on any atom is 0.326 e. The van der Waals surface area contributed by atoms with E-state index in [1.807, 2.05) is 30.3 Å². The number of anilines is 2. The van der Waals surface area contributed by atoms with E-state index in [9.17, 15) is 19.5 Å². The van der Waals surface area contributed by atoms with Crippen LogP contribution in [-0.2, 0) is 4.79 Å². The second-order valence-electron chi connectivity index (χ2n) is 9.59. The number of rotatable bonds is 3. The molecule has 1 aromatic heterocycles. The fourth-order valence-electron chi connectivity index (χ4n) is 5.13. The summed E-state index contributed by atoms with van der Waals surface area (Å²) in [7, 11) is 0. The van der Waals surface area contributed by atoms with E-state index in [4.69, 9.17) is 17.3 Å². The lowest BCUT2D eigenvalue weighted by atomic mass is 9.86. The van der Waals surface area contributed by atoms with Gasteiger partial charge in [-0.25, -0.2) is 9.18 Å². The highest BCUT2D eigenvalue weighted by atomic mass is 35.5. The quantitative estimate of drug-likeness (QED) is 0.157. The number of carboxylic acid groups (broad SMARTS) is 1. The van der Waals surface area contributed by atoms with Crippen molar-refractivity contribution in [1.82, 2.24) is 0 Å². The Bertz CT molecular complexity index is 1510. The summed E-state index contributed by atoms with van der Waals surface area (Å²) in [6.07, 6.45) is 3.92. The Morgan fingerprint density at radius 3 is 2.61 bits per heavy atom. The average Bonchev–Trinajstić information content (AvgIpc) is 2.90. The van der Waals surface area contributed by atoms with Gasteiger partial charge in [-0.05, 0) is 66.4 Å². The molecule has 2 unspecified atom stereocenters. The molecule has 1 aliphatic rings. The van der Waals surface area contributed by atoms with Gasteiger partial charge in [-0.3, -0.25) is 0 Å². The zero-order chi connectivity index (χ0) is 26.8. The second-order valence-corrected chi connectivity index (χ2v) is 10.0. The monoisotopic (exact) mass is 531 g/mol. The molecule has 4 aromatic rings. The van der Waals surface area contributed by atoms with Crippen molar-refractivity contribution in [1.29, 1.82) is 0 Å². The van der Waals surface area contributed by atoms with Gasteiger partial charge < -0.3 is 21.4 Å². The number of nitrogens with two attached hydrogens (primary N) is 1. The molecule has 0 saturated carbocycles. The molecule has 0 radical (unpaired) electrons. The first-order valence-corrected chi connectivity index (χ1v) is 12.9. The van der Waals surface area contributed by atoms with Crippen molar-refractivity contribution in [2.45, 2.75) is 37.6 Å². The van der Waals surface area contributed by atoms with Gasteiger partial charge in [-0.2, -0.15) is 4.73 Å². The summed E-state index contributed by atoms with van der Waals surface area (Å²) in [4.78, 5) is 12.0. The number of nitrogens with one attached hydrogen (secondary N) is 1. The van der Waals surface area contributed by atoms with Crippen LogP contribution in [0.2, 0.25) is 5.02 Å². The standard InChI is InChI=1S/C30H27ClFN3O3/c31-21-9-11-26(33)24(15-21)20-8-13-29(35(38)17-20)23-6-1-2-7-28(30(36)37)34-27-12-10-22(32)16-25(27)19-5-3-4-18(23)14-19/h3-5,8-17,23,28,34H,1-2,6-7,33H2,(H,36,37). The number of carbonyl (C=O) groups is 1. The zero-order valence-corrected chi connectivity index (χ0v) is 21.3. The highest BCUT2D eigenvalue weighted by molar-refractivity contribution is 6.31. The van der Waals surface area contributed by atoms with E-state index in [0.29, 0.717) is 58.0 Å². The largest absolute Gasteiger partial charge is 0.618 e. The van der Waals surface area contributed by atoms with E-state index in [1.54, 1.807) is 30.3 Å². The van der Waals surface area contributed by atoms with Gasteiger partial charge in [0.15, 0.2) is 11.9 Å². The molecule has 0 amide bonds. The molecule has 38 heavy (non-hydrogen) atoms. The SMILES string of the molecule is Nc1ccc(Cl)cc1-c1ccc(C2CCCCC(C(=O)O)Nc3ccc(F)cc3-c3cccc2c3)[n+]([O-])c1. The predicted octanol–water partition coefficient (Wildman–Crippen LogP) is 6.60. The summed E-state index contributed by atoms with van der Waals surface area (Å²) in [5.41, 5.74) is 11.3. The fraction of sp³-hybridized carbons (Fsp3) is 0.200. The van der Waals surface area contributed by atoms with Crippen LogP contribution in [0.3, 0.4) is 0 Å². The number of aliphatic carboxylic acids is 1. The maximum absolute atomic E-state index is 14.3. The van der Waals surface area contributed by atoms with Crippen LogP contribution in [0.5, 0.6) is 0 Å². The van der Waals surface area contributed by atoms with Gasteiger partial charge in [0.2, 0.25) is 0 Å². The first kappa shape index (κ1) is 25.5. The number of hydrogen-bond acceptors (Lipinski definition) is 4. The molecule has 0 aliphatic carbocycles. The van der Waals surface area contributed by atoms with Crippen LogP contribution >= 0.6 is 11.6 Å². The average molecular weight is 532 g/mol. The van der Waals surface area contributed by atoms with Gasteiger partial charge in [-0.1, -0.05) is 48.7 Å². The number of nitrogens with zero attached hydrogens (tertiary/aromatic N) is 1. The van der Waals surface area contributed by atoms with Crippen LogP contribution < -0.4 is 15.8 Å². The number of carboxylic acids is 1. The van der Waals surface area contributed by atoms with Crippen molar-refractivity contribution >= 4 is 28.9 Å². The Labute approximate surface area is 225 Å². The van der Waals surface area contributed by atoms with E-state index in [1.165, 1.54) is 18.3 Å². The van der Waals surface area contributed by atoms with Gasteiger partial charge >= 0.3 is 5.97 Å². The van der Waals surface area contributed by atoms with E-state index >= 15 is 0 Å². The third kappa shape index (κ3) is 5.29. The summed E-state index contributed by atoms with van der Waals surface area (Å²) in [6.45, 7) is 0. The van der Waals surface area contributed by atoms with Crippen molar-refractivity contribution in [3.8, 4) is 22.3 Å². The van der Waals surface area contributed by atoms with Crippen LogP contribution in [0, 0.1) is 11.0 Å². The minimum Gasteiger partial charge on any atom is -0.618 e. The molecule has 3 aromatic carbocycles. The molecular formula is C30H27ClFN3O3. The number of nitrogen functional groups attached to an aromatic ring is 1. The molecule has 194 valence electrons. The number of fused-ring (bicyclic) bond motifs is 4. The summed E-state index contributed by atoms with van der Waals surface area (Å²) in [6, 6.07) is 19.9. The molecule has 2 atom stereocenters. The molecule has 0 fully saturated rings. The van der Waals surface area contributed by atoms with Gasteiger partial charge in [-0.15, -0.1) is 0 Å². The van der Waals surface area contributed by atoms with E-state index in [0.717, 1.165) is 22.3 Å². The second kappa shape index (κ2) is 10.7. The fourth-order valence-corrected chi connectivity index (χ4v) is 5.30. The maximum atomic E-state index is 14.3. The van der Waals surface area contributed by atoms with Crippen molar-refractivity contribution < 1.29 is 19.0 Å². The number of pyridine rings is 1. The molecule has 6 nitrogen and oxygen atoms in total. The Morgan fingerprint density at radius 1 is 1.00 bits per heavy atom. The van der Waals surface area contributed by atoms with Crippen LogP contribution in [0.1, 0.15) is 42.9 Å². The molecular weight excluding hydrogens is 505 g/mol. The minimum atomic E-state index is -0.962. The highest BCUT2D eigenvalue weighted by Crippen LogP contribution is 2.36. The van der Waals surface area contributed by atoms with Gasteiger partial charge in [0, 0.05) is 39.2 Å². The van der Waals surface area contributed by atoms with Crippen molar-refractivity contribution in [2.75, 3.05) is 11.1 Å². The molecule has 2 heterocycles. The van der Waals surface area contributed by atoms with Gasteiger partial charge in [0.1, 0.15) is 11.9 Å². The smallest absolute Gasteiger partial charge is 0.326 e. The number of aromatic nitrogens is 1. The lowest BCUT2D eigenvalue weighted by Gasteiger charge is -2.22. The first-order chi connectivity index (χ1) is 18.3. The minimum absolute atomic E-state index is 0.245. The normalized spacial score (nSPS) is 17.4. The van der Waals surface area contributed by atoms with E-state index in [2.05, 4.69) is 5.32 Å². The molecule has 1 aliphatic heterocycles. The molecule has 2 bridgehead atoms. The van der Waals surface area contributed by atoms with Gasteiger partial charge in [0.25, 0.3) is 0 Å². The lowest BCUT2D eigenvalue weighted by Crippen LogP contribution is -2.34. The Balaban J connectivity index is 1.59. The summed E-state index contributed by atoms with van der Waals surface area (Å²) < 4.78 is 15.2. The van der Waals surface area contributed by atoms with Crippen LogP contribution in [0.15, 0.2) is 79.0 Å². The molecule has 4 N–H and O–H groups in total. The topological polar surface area (TPSA) is 102 Å². The Hall–Kier alpha value is -4.10. The number of halogens is 2. The summed E-state index contributed by atoms with van der Waals surface area (Å²) >= 11 is 6.15. The zero-order valence-electron chi connectivity index (χ0n) is 20.5. The van der Waals surface area contributed by atoms with Crippen molar-refractivity contribution in [3.05, 3.63) is 106 Å². The number of hydrogen-bond donors (Lipinski definition) is 3. The van der Waals surface area contributed by atoms with Gasteiger partial charge in [0.05, 0.1) is 5.92 Å². The van der Waals surface area contributed by atoms with Crippen LogP contribution in [0.25, 0.3) is 22.3 Å². The van der Waals surface area contributed by atoms with E-state index in [-0.39, 0.29) is 5.92 Å². The predicted molar refractivity (Wildman–Crippen MR) is 147 cm³/mol. The van der Waals surface area contributed by atoms with Crippen molar-refractivity contribution in [3.63, 3.8) is 0 Å². The molecule has 0 saturated heterocycles. The third-order valence-electron chi connectivity index (χ3n) is 7.07. The third-order valence-corrected chi connectivity index (χ3v) is 7.31. The molecule has 5 rings (SSSR count). The first-order valence-electron chi connectivity index (χ1n) is 12.5. The molecule has 8 heteroatoms. The van der Waals surface area contributed by atoms with Crippen LogP contribution in [0.4, 0.5) is 15.8 Å². The summed E-state index contributed by atoms with van der Waals surface area (Å²) in [5.74, 6) is -1.62. The van der Waals surface area contributed by atoms with E-state index < -0.39 is 17.8 Å². The Morgan fingerprint density at radius 2 is 1.82 bits per heavy atom. The van der Waals surface area contributed by atoms with Crippen LogP contribution in [-0.4, -0.2) is 17.1 Å².